The van der Waals surface area contributed by atoms with Gasteiger partial charge in [-0.1, -0.05) is 0 Å². The van der Waals surface area contributed by atoms with Gasteiger partial charge in [-0.15, -0.1) is 0 Å². The molecular weight excluding hydrogens is 356 g/mol. The zero-order valence-electron chi connectivity index (χ0n) is 16.8. The Morgan fingerprint density at radius 2 is 1.75 bits per heavy atom. The third-order valence-corrected chi connectivity index (χ3v) is 4.96. The number of anilines is 3. The number of hydrogen-bond acceptors (Lipinski definition) is 7. The lowest BCUT2D eigenvalue weighted by Gasteiger charge is -2.37. The van der Waals surface area contributed by atoms with E-state index < -0.39 is 0 Å². The van der Waals surface area contributed by atoms with Crippen molar-refractivity contribution in [2.45, 2.75) is 45.5 Å². The van der Waals surface area contributed by atoms with E-state index in [4.69, 9.17) is 19.2 Å². The molecule has 28 heavy (non-hydrogen) atoms. The highest BCUT2D eigenvalue weighted by Crippen LogP contribution is 2.32. The van der Waals surface area contributed by atoms with Crippen LogP contribution in [0.25, 0.3) is 0 Å². The fourth-order valence-corrected chi connectivity index (χ4v) is 3.63. The summed E-state index contributed by atoms with van der Waals surface area (Å²) in [7, 11) is 0. The summed E-state index contributed by atoms with van der Waals surface area (Å²) in [6.45, 7) is 9.06. The monoisotopic (exact) mass is 384 g/mol. The first-order valence-electron chi connectivity index (χ1n) is 9.94. The fraction of sp³-hybridized carbons (Fsp3) is 0.524. The Hall–Kier alpha value is -2.38. The van der Waals surface area contributed by atoms with Crippen molar-refractivity contribution in [3.05, 3.63) is 36.0 Å². The molecule has 4 rings (SSSR count). The maximum absolute atomic E-state index is 5.81. The van der Waals surface area contributed by atoms with Crippen molar-refractivity contribution < 1.29 is 14.2 Å². The molecule has 0 amide bonds. The second kappa shape index (κ2) is 7.93. The summed E-state index contributed by atoms with van der Waals surface area (Å²) in [6.07, 6.45) is 1.84. The van der Waals surface area contributed by atoms with Gasteiger partial charge in [0.15, 0.2) is 5.79 Å². The Balaban J connectivity index is 1.44. The maximum Gasteiger partial charge on any atom is 0.227 e. The van der Waals surface area contributed by atoms with Crippen molar-refractivity contribution in [2.24, 2.45) is 0 Å². The minimum atomic E-state index is -0.388. The standard InChI is InChI=1S/C21H28N4O3/c1-15(2)28-18-6-4-17(5-7-18)23-19-14-16(3)22-20(24-19)25-10-8-21(9-11-25)26-12-13-27-21/h4-7,14-15H,8-13H2,1-3H3,(H,22,23,24). The molecule has 0 unspecified atom stereocenters. The molecule has 0 aliphatic carbocycles. The maximum atomic E-state index is 5.81. The predicted molar refractivity (Wildman–Crippen MR) is 108 cm³/mol. The van der Waals surface area contributed by atoms with E-state index in [1.54, 1.807) is 0 Å². The molecule has 0 saturated carbocycles. The van der Waals surface area contributed by atoms with Gasteiger partial charge in [-0.3, -0.25) is 0 Å². The van der Waals surface area contributed by atoms with E-state index in [9.17, 15) is 0 Å². The summed E-state index contributed by atoms with van der Waals surface area (Å²) in [5, 5.41) is 3.37. The highest BCUT2D eigenvalue weighted by molar-refractivity contribution is 5.58. The molecular formula is C21H28N4O3. The van der Waals surface area contributed by atoms with Crippen LogP contribution in [0.1, 0.15) is 32.4 Å². The average molecular weight is 384 g/mol. The molecule has 2 fully saturated rings. The number of piperidine rings is 1. The molecule has 0 radical (unpaired) electrons. The molecule has 2 aliphatic heterocycles. The topological polar surface area (TPSA) is 68.7 Å². The van der Waals surface area contributed by atoms with E-state index in [0.717, 1.165) is 54.8 Å². The van der Waals surface area contributed by atoms with Crippen molar-refractivity contribution in [3.8, 4) is 5.75 Å². The molecule has 7 nitrogen and oxygen atoms in total. The van der Waals surface area contributed by atoms with Crippen molar-refractivity contribution in [2.75, 3.05) is 36.5 Å². The van der Waals surface area contributed by atoms with Gasteiger partial charge in [-0.25, -0.2) is 4.98 Å². The van der Waals surface area contributed by atoms with Crippen molar-refractivity contribution >= 4 is 17.5 Å². The predicted octanol–water partition coefficient (Wildman–Crippen LogP) is 3.66. The number of benzene rings is 1. The molecule has 1 aromatic heterocycles. The van der Waals surface area contributed by atoms with Gasteiger partial charge in [-0.05, 0) is 45.0 Å². The average Bonchev–Trinajstić information content (AvgIpc) is 3.11. The van der Waals surface area contributed by atoms with Crippen LogP contribution in [0.5, 0.6) is 5.75 Å². The summed E-state index contributed by atoms with van der Waals surface area (Å²) in [5.74, 6) is 2.00. The van der Waals surface area contributed by atoms with Gasteiger partial charge in [0.25, 0.3) is 0 Å². The Morgan fingerprint density at radius 1 is 1.07 bits per heavy atom. The van der Waals surface area contributed by atoms with Gasteiger partial charge in [0.2, 0.25) is 5.95 Å². The Labute approximate surface area is 166 Å². The van der Waals surface area contributed by atoms with E-state index in [1.807, 2.05) is 51.1 Å². The second-order valence-electron chi connectivity index (χ2n) is 7.61. The van der Waals surface area contributed by atoms with E-state index in [1.165, 1.54) is 0 Å². The minimum Gasteiger partial charge on any atom is -0.491 e. The van der Waals surface area contributed by atoms with Crippen LogP contribution in [-0.2, 0) is 9.47 Å². The smallest absolute Gasteiger partial charge is 0.227 e. The molecule has 2 aromatic rings. The molecule has 0 bridgehead atoms. The van der Waals surface area contributed by atoms with Gasteiger partial charge in [0.05, 0.1) is 19.3 Å². The van der Waals surface area contributed by atoms with E-state index in [0.29, 0.717) is 13.2 Å². The molecule has 7 heteroatoms. The first-order valence-corrected chi connectivity index (χ1v) is 9.94. The fourth-order valence-electron chi connectivity index (χ4n) is 3.63. The first-order chi connectivity index (χ1) is 13.5. The van der Waals surface area contributed by atoms with Crippen LogP contribution in [0.2, 0.25) is 0 Å². The van der Waals surface area contributed by atoms with Crippen LogP contribution >= 0.6 is 0 Å². The second-order valence-corrected chi connectivity index (χ2v) is 7.61. The molecule has 1 aromatic carbocycles. The summed E-state index contributed by atoms with van der Waals surface area (Å²) >= 11 is 0. The summed E-state index contributed by atoms with van der Waals surface area (Å²) in [6, 6.07) is 9.87. The third-order valence-electron chi connectivity index (χ3n) is 4.96. The number of nitrogens with zero attached hydrogens (tertiary/aromatic N) is 3. The van der Waals surface area contributed by atoms with Crippen LogP contribution in [-0.4, -0.2) is 48.2 Å². The highest BCUT2D eigenvalue weighted by atomic mass is 16.7. The Kier molecular flexibility index (Phi) is 5.37. The van der Waals surface area contributed by atoms with Crippen LogP contribution in [0.4, 0.5) is 17.5 Å². The number of aromatic nitrogens is 2. The van der Waals surface area contributed by atoms with Gasteiger partial charge in [-0.2, -0.15) is 4.98 Å². The van der Waals surface area contributed by atoms with Crippen molar-refractivity contribution in [1.82, 2.24) is 9.97 Å². The number of nitrogens with one attached hydrogen (secondary N) is 1. The third kappa shape index (κ3) is 4.36. The Morgan fingerprint density at radius 3 is 2.39 bits per heavy atom. The van der Waals surface area contributed by atoms with Gasteiger partial charge in [0, 0.05) is 43.4 Å². The lowest BCUT2D eigenvalue weighted by molar-refractivity contribution is -0.169. The van der Waals surface area contributed by atoms with E-state index >= 15 is 0 Å². The lowest BCUT2D eigenvalue weighted by Crippen LogP contribution is -2.45. The largest absolute Gasteiger partial charge is 0.491 e. The summed E-state index contributed by atoms with van der Waals surface area (Å²) < 4.78 is 17.3. The molecule has 150 valence electrons. The highest BCUT2D eigenvalue weighted by Gasteiger charge is 2.40. The van der Waals surface area contributed by atoms with Crippen molar-refractivity contribution in [3.63, 3.8) is 0 Å². The molecule has 2 saturated heterocycles. The zero-order chi connectivity index (χ0) is 19.6. The van der Waals surface area contributed by atoms with E-state index in [-0.39, 0.29) is 11.9 Å². The van der Waals surface area contributed by atoms with Gasteiger partial charge in [0.1, 0.15) is 11.6 Å². The number of hydrogen-bond donors (Lipinski definition) is 1. The summed E-state index contributed by atoms with van der Waals surface area (Å²) in [4.78, 5) is 11.6. The van der Waals surface area contributed by atoms with E-state index in [2.05, 4.69) is 15.2 Å². The number of ether oxygens (including phenoxy) is 3. The number of aryl methyl sites for hydroxylation is 1. The van der Waals surface area contributed by atoms with Crippen molar-refractivity contribution in [1.29, 1.82) is 0 Å². The van der Waals surface area contributed by atoms with Crippen LogP contribution in [0.15, 0.2) is 30.3 Å². The zero-order valence-corrected chi connectivity index (χ0v) is 16.8. The number of rotatable bonds is 5. The van der Waals surface area contributed by atoms with Gasteiger partial charge >= 0.3 is 0 Å². The normalized spacial score (nSPS) is 18.6. The summed E-state index contributed by atoms with van der Waals surface area (Å²) in [5.41, 5.74) is 1.89. The SMILES string of the molecule is Cc1cc(Nc2ccc(OC(C)C)cc2)nc(N2CCC3(CC2)OCCO3)n1. The molecule has 2 aliphatic rings. The molecule has 0 atom stereocenters. The quantitative estimate of drug-likeness (QED) is 0.844. The molecule has 1 spiro atoms. The molecule has 1 N–H and O–H groups in total. The minimum absolute atomic E-state index is 0.162. The lowest BCUT2D eigenvalue weighted by atomic mass is 10.0. The molecule has 3 heterocycles. The van der Waals surface area contributed by atoms with Gasteiger partial charge < -0.3 is 24.4 Å². The first kappa shape index (κ1) is 19.0. The van der Waals surface area contributed by atoms with Crippen LogP contribution in [0.3, 0.4) is 0 Å². The Bertz CT molecular complexity index is 794. The van der Waals surface area contributed by atoms with Crippen LogP contribution in [0, 0.1) is 6.92 Å². The van der Waals surface area contributed by atoms with Crippen LogP contribution < -0.4 is 15.0 Å².